The number of nitrogens with one attached hydrogen (secondary N) is 1. The number of thiazole rings is 1. The van der Waals surface area contributed by atoms with E-state index in [0.29, 0.717) is 18.8 Å². The molecule has 0 saturated heterocycles. The second kappa shape index (κ2) is 8.89. The molecule has 1 aromatic heterocycles. The molecule has 0 aliphatic heterocycles. The zero-order chi connectivity index (χ0) is 21.0. The average Bonchev–Trinajstić information content (AvgIpc) is 3.02. The Morgan fingerprint density at radius 3 is 2.38 bits per heavy atom. The lowest BCUT2D eigenvalue weighted by atomic mass is 10.3. The van der Waals surface area contributed by atoms with Crippen LogP contribution in [0.15, 0.2) is 58.2 Å². The van der Waals surface area contributed by atoms with Crippen molar-refractivity contribution in [1.29, 1.82) is 0 Å². The lowest BCUT2D eigenvalue weighted by Gasteiger charge is -2.18. The summed E-state index contributed by atoms with van der Waals surface area (Å²) in [5.41, 5.74) is 1.33. The van der Waals surface area contributed by atoms with Gasteiger partial charge in [0.2, 0.25) is 15.9 Å². The summed E-state index contributed by atoms with van der Waals surface area (Å²) in [6, 6.07) is 13.6. The van der Waals surface area contributed by atoms with Crippen LogP contribution >= 0.6 is 11.3 Å². The van der Waals surface area contributed by atoms with E-state index in [1.165, 1.54) is 16.4 Å². The van der Waals surface area contributed by atoms with Crippen molar-refractivity contribution >= 4 is 43.2 Å². The molecule has 29 heavy (non-hydrogen) atoms. The van der Waals surface area contributed by atoms with Crippen molar-refractivity contribution < 1.29 is 13.2 Å². The Balaban J connectivity index is 1.65. The molecule has 1 heterocycles. The number of carbonyl (C=O) groups is 1. The molecule has 3 aromatic rings. The quantitative estimate of drug-likeness (QED) is 0.591. The maximum atomic E-state index is 12.5. The molecule has 1 amide bonds. The fourth-order valence-corrected chi connectivity index (χ4v) is 5.46. The number of rotatable bonds is 8. The molecule has 0 aliphatic rings. The number of hydrogen-bond donors (Lipinski definition) is 1. The largest absolute Gasteiger partial charge is 0.326 e. The highest BCUT2D eigenvalue weighted by molar-refractivity contribution is 7.89. The second-order valence-electron chi connectivity index (χ2n) is 6.40. The third-order valence-corrected chi connectivity index (χ3v) is 7.64. The molecule has 0 unspecified atom stereocenters. The smallest absolute Gasteiger partial charge is 0.308 e. The van der Waals surface area contributed by atoms with Crippen LogP contribution in [0.1, 0.15) is 20.3 Å². The van der Waals surface area contributed by atoms with Gasteiger partial charge >= 0.3 is 4.87 Å². The van der Waals surface area contributed by atoms with Gasteiger partial charge in [-0.05, 0) is 36.4 Å². The van der Waals surface area contributed by atoms with E-state index in [1.54, 1.807) is 30.5 Å². The van der Waals surface area contributed by atoms with E-state index in [9.17, 15) is 18.0 Å². The van der Waals surface area contributed by atoms with Gasteiger partial charge in [0, 0.05) is 31.7 Å². The van der Waals surface area contributed by atoms with Gasteiger partial charge in [0.1, 0.15) is 0 Å². The van der Waals surface area contributed by atoms with Gasteiger partial charge in [-0.1, -0.05) is 37.3 Å². The zero-order valence-corrected chi connectivity index (χ0v) is 17.9. The number of carbonyl (C=O) groups excluding carboxylic acids is 1. The predicted octanol–water partition coefficient (Wildman–Crippen LogP) is 3.12. The van der Waals surface area contributed by atoms with Crippen molar-refractivity contribution in [2.75, 3.05) is 18.4 Å². The first-order valence-corrected chi connectivity index (χ1v) is 11.6. The third-order valence-electron chi connectivity index (χ3n) is 4.62. The molecule has 0 fully saturated rings. The Morgan fingerprint density at radius 1 is 1.07 bits per heavy atom. The summed E-state index contributed by atoms with van der Waals surface area (Å²) in [5, 5.41) is 2.75. The number of para-hydroxylation sites is 1. The minimum Gasteiger partial charge on any atom is -0.326 e. The van der Waals surface area contributed by atoms with Gasteiger partial charge in [-0.3, -0.25) is 14.2 Å². The van der Waals surface area contributed by atoms with E-state index in [0.717, 1.165) is 21.6 Å². The number of amides is 1. The van der Waals surface area contributed by atoms with Crippen LogP contribution in [0.5, 0.6) is 0 Å². The Hall–Kier alpha value is -2.49. The molecule has 1 N–H and O–H groups in total. The monoisotopic (exact) mass is 433 g/mol. The summed E-state index contributed by atoms with van der Waals surface area (Å²) in [6.07, 6.45) is 0.139. The molecule has 0 radical (unpaired) electrons. The maximum absolute atomic E-state index is 12.5. The van der Waals surface area contributed by atoms with E-state index >= 15 is 0 Å². The first-order valence-electron chi connectivity index (χ1n) is 9.35. The van der Waals surface area contributed by atoms with Gasteiger partial charge in [-0.15, -0.1) is 0 Å². The summed E-state index contributed by atoms with van der Waals surface area (Å²) in [7, 11) is -3.53. The summed E-state index contributed by atoms with van der Waals surface area (Å²) in [5.74, 6) is -0.244. The number of anilines is 1. The fourth-order valence-electron chi connectivity index (χ4n) is 3.09. The van der Waals surface area contributed by atoms with E-state index in [-0.39, 0.29) is 28.6 Å². The minimum absolute atomic E-state index is 0.0926. The lowest BCUT2D eigenvalue weighted by Crippen LogP contribution is -2.30. The van der Waals surface area contributed by atoms with Gasteiger partial charge in [0.15, 0.2) is 0 Å². The number of nitrogens with zero attached hydrogens (tertiary/aromatic N) is 2. The van der Waals surface area contributed by atoms with Crippen LogP contribution in [-0.2, 0) is 21.4 Å². The number of fused-ring (bicyclic) bond motifs is 1. The van der Waals surface area contributed by atoms with Gasteiger partial charge < -0.3 is 5.32 Å². The first kappa shape index (κ1) is 21.2. The summed E-state index contributed by atoms with van der Waals surface area (Å²) >= 11 is 1.16. The molecule has 3 rings (SSSR count). The van der Waals surface area contributed by atoms with Crippen LogP contribution in [0.25, 0.3) is 10.2 Å². The van der Waals surface area contributed by atoms with Crippen LogP contribution < -0.4 is 10.2 Å². The van der Waals surface area contributed by atoms with Crippen molar-refractivity contribution in [3.63, 3.8) is 0 Å². The van der Waals surface area contributed by atoms with Crippen LogP contribution in [0.3, 0.4) is 0 Å². The summed E-state index contributed by atoms with van der Waals surface area (Å²) in [4.78, 5) is 24.5. The molecule has 2 aromatic carbocycles. The van der Waals surface area contributed by atoms with E-state index in [4.69, 9.17) is 0 Å². The molecule has 0 saturated carbocycles. The van der Waals surface area contributed by atoms with Crippen molar-refractivity contribution in [1.82, 2.24) is 8.87 Å². The number of benzene rings is 2. The first-order chi connectivity index (χ1) is 13.9. The molecule has 0 atom stereocenters. The number of hydrogen-bond acceptors (Lipinski definition) is 5. The van der Waals surface area contributed by atoms with Gasteiger partial charge in [-0.2, -0.15) is 4.31 Å². The Morgan fingerprint density at radius 2 is 1.72 bits per heavy atom. The lowest BCUT2D eigenvalue weighted by molar-refractivity contribution is -0.116. The molecule has 154 valence electrons. The minimum atomic E-state index is -3.53. The van der Waals surface area contributed by atoms with Crippen LogP contribution in [0.4, 0.5) is 5.69 Å². The van der Waals surface area contributed by atoms with Crippen molar-refractivity contribution in [3.8, 4) is 0 Å². The fraction of sp³-hybridized carbons (Fsp3) is 0.300. The highest BCUT2D eigenvalue weighted by Gasteiger charge is 2.21. The molecule has 9 heteroatoms. The summed E-state index contributed by atoms with van der Waals surface area (Å²) in [6.45, 7) is 4.65. The molecular weight excluding hydrogens is 410 g/mol. The highest BCUT2D eigenvalue weighted by atomic mass is 32.2. The Labute approximate surface area is 173 Å². The van der Waals surface area contributed by atoms with Crippen molar-refractivity contribution in [2.45, 2.75) is 31.7 Å². The standard InChI is InChI=1S/C20H23N3O4S2/c1-3-22(4-2)29(26,27)16-11-9-15(10-12-16)21-19(24)13-14-23-17-7-5-6-8-18(17)28-20(23)25/h5-12H,3-4,13-14H2,1-2H3,(H,21,24). The molecule has 7 nitrogen and oxygen atoms in total. The van der Waals surface area contributed by atoms with Crippen LogP contribution in [0, 0.1) is 0 Å². The number of sulfonamides is 1. The van der Waals surface area contributed by atoms with E-state index in [2.05, 4.69) is 5.32 Å². The molecule has 0 aliphatic carbocycles. The maximum Gasteiger partial charge on any atom is 0.308 e. The van der Waals surface area contributed by atoms with Crippen LogP contribution in [-0.4, -0.2) is 36.3 Å². The van der Waals surface area contributed by atoms with Crippen molar-refractivity contribution in [3.05, 3.63) is 58.2 Å². The van der Waals surface area contributed by atoms with Gasteiger partial charge in [-0.25, -0.2) is 8.42 Å². The van der Waals surface area contributed by atoms with Crippen LogP contribution in [0.2, 0.25) is 0 Å². The Bertz CT molecular complexity index is 1160. The molecular formula is C20H23N3O4S2. The summed E-state index contributed by atoms with van der Waals surface area (Å²) < 4.78 is 28.9. The SMILES string of the molecule is CCN(CC)S(=O)(=O)c1ccc(NC(=O)CCn2c(=O)sc3ccccc32)cc1. The number of aryl methyl sites for hydroxylation is 1. The number of aromatic nitrogens is 1. The molecule has 0 bridgehead atoms. The topological polar surface area (TPSA) is 88.5 Å². The Kier molecular flexibility index (Phi) is 6.51. The van der Waals surface area contributed by atoms with Gasteiger partial charge in [0.05, 0.1) is 15.1 Å². The highest BCUT2D eigenvalue weighted by Crippen LogP contribution is 2.19. The van der Waals surface area contributed by atoms with Gasteiger partial charge in [0.25, 0.3) is 0 Å². The van der Waals surface area contributed by atoms with Crippen molar-refractivity contribution in [2.24, 2.45) is 0 Å². The normalized spacial score (nSPS) is 11.8. The predicted molar refractivity (Wildman–Crippen MR) is 116 cm³/mol. The average molecular weight is 434 g/mol. The second-order valence-corrected chi connectivity index (χ2v) is 9.33. The zero-order valence-electron chi connectivity index (χ0n) is 16.3. The molecule has 0 spiro atoms. The van der Waals surface area contributed by atoms with E-state index in [1.807, 2.05) is 24.3 Å². The third kappa shape index (κ3) is 4.58. The van der Waals surface area contributed by atoms with E-state index < -0.39 is 10.0 Å².